The second-order valence-corrected chi connectivity index (χ2v) is 1.79. The lowest BCUT2D eigenvalue weighted by Gasteiger charge is -1.70. The van der Waals surface area contributed by atoms with Crippen LogP contribution in [0.4, 0.5) is 0 Å². The molecule has 0 fully saturated rings. The highest BCUT2D eigenvalue weighted by atomic mass is 16.3. The maximum atomic E-state index is 5.02. The summed E-state index contributed by atoms with van der Waals surface area (Å²) in [5.74, 6) is 0. The molecule has 1 aromatic rings. The quantitative estimate of drug-likeness (QED) is 0.558. The highest BCUT2D eigenvalue weighted by molar-refractivity contribution is 5.32. The van der Waals surface area contributed by atoms with Crippen molar-refractivity contribution in [1.82, 2.24) is 4.98 Å². The van der Waals surface area contributed by atoms with Gasteiger partial charge in [0.2, 0.25) is 0 Å². The molecule has 0 aliphatic heterocycles. The Morgan fingerprint density at radius 2 is 2.50 bits per heavy atom. The summed E-state index contributed by atoms with van der Waals surface area (Å²) < 4.78 is 5.02. The highest BCUT2D eigenvalue weighted by Gasteiger charge is 1.83. The average molecular weight is 135 g/mol. The third kappa shape index (κ3) is 1.16. The van der Waals surface area contributed by atoms with Gasteiger partial charge in [-0.15, -0.1) is 0 Å². The van der Waals surface area contributed by atoms with Gasteiger partial charge in [-0.2, -0.15) is 0 Å². The molecule has 0 aliphatic carbocycles. The molecule has 0 radical (unpaired) electrons. The van der Waals surface area contributed by atoms with Crippen LogP contribution in [0.3, 0.4) is 0 Å². The van der Waals surface area contributed by atoms with E-state index in [0.717, 1.165) is 10.8 Å². The van der Waals surface area contributed by atoms with Crippen molar-refractivity contribution < 1.29 is 4.42 Å². The first-order chi connectivity index (χ1) is 4.88. The summed E-state index contributed by atoms with van der Waals surface area (Å²) in [6, 6.07) is 0. The summed E-state index contributed by atoms with van der Waals surface area (Å²) >= 11 is 0. The second kappa shape index (κ2) is 3.01. The summed E-state index contributed by atoms with van der Waals surface area (Å²) in [6.45, 7) is 5.46. The van der Waals surface area contributed by atoms with E-state index in [2.05, 4.69) is 11.6 Å². The van der Waals surface area contributed by atoms with E-state index in [1.54, 1.807) is 12.2 Å². The number of oxazole rings is 1. The molecule has 0 saturated carbocycles. The lowest BCUT2D eigenvalue weighted by Crippen LogP contribution is -2.20. The fraction of sp³-hybridized carbons (Fsp3) is 0.125. The van der Waals surface area contributed by atoms with Gasteiger partial charge in [-0.05, 0) is 19.1 Å². The first kappa shape index (κ1) is 6.81. The van der Waals surface area contributed by atoms with E-state index >= 15 is 0 Å². The van der Waals surface area contributed by atoms with Crippen molar-refractivity contribution in [1.29, 1.82) is 0 Å². The number of nitrogens with zero attached hydrogens (tertiary/aromatic N) is 1. The summed E-state index contributed by atoms with van der Waals surface area (Å²) in [4.78, 5) is 3.95. The Hall–Kier alpha value is -1.31. The second-order valence-electron chi connectivity index (χ2n) is 1.79. The largest absolute Gasteiger partial charge is 0.444 e. The van der Waals surface area contributed by atoms with Crippen LogP contribution < -0.4 is 10.8 Å². The van der Waals surface area contributed by atoms with Crippen LogP contribution in [0.1, 0.15) is 6.92 Å². The molecule has 10 heavy (non-hydrogen) atoms. The fourth-order valence-corrected chi connectivity index (χ4v) is 0.717. The lowest BCUT2D eigenvalue weighted by molar-refractivity contribution is 0.524. The van der Waals surface area contributed by atoms with Crippen molar-refractivity contribution >= 4 is 12.2 Å². The normalized spacial score (nSPS) is 14.1. The molecular formula is C8H9NO. The van der Waals surface area contributed by atoms with Gasteiger partial charge in [-0.25, -0.2) is 4.98 Å². The van der Waals surface area contributed by atoms with Gasteiger partial charge in [0.1, 0.15) is 10.8 Å². The van der Waals surface area contributed by atoms with E-state index in [4.69, 9.17) is 4.42 Å². The predicted molar refractivity (Wildman–Crippen MR) is 40.6 cm³/mol. The first-order valence-electron chi connectivity index (χ1n) is 3.07. The molecule has 0 N–H and O–H groups in total. The average Bonchev–Trinajstić information content (AvgIpc) is 2.36. The molecule has 0 bridgehead atoms. The molecule has 1 aromatic heterocycles. The van der Waals surface area contributed by atoms with Gasteiger partial charge >= 0.3 is 0 Å². The summed E-state index contributed by atoms with van der Waals surface area (Å²) in [6.07, 6.45) is 6.77. The van der Waals surface area contributed by atoms with Crippen molar-refractivity contribution in [3.8, 4) is 0 Å². The smallest absolute Gasteiger partial charge is 0.181 e. The van der Waals surface area contributed by atoms with Gasteiger partial charge in [-0.3, -0.25) is 0 Å². The van der Waals surface area contributed by atoms with Gasteiger partial charge in [0.15, 0.2) is 6.39 Å². The Bertz CT molecular complexity index is 321. The summed E-state index contributed by atoms with van der Waals surface area (Å²) in [5.41, 5.74) is 0.792. The molecule has 0 atom stereocenters. The highest BCUT2D eigenvalue weighted by Crippen LogP contribution is 1.66. The van der Waals surface area contributed by atoms with Crippen LogP contribution in [0, 0.1) is 0 Å². The van der Waals surface area contributed by atoms with Gasteiger partial charge in [-0.1, -0.05) is 12.7 Å². The molecule has 0 aliphatic rings. The van der Waals surface area contributed by atoms with E-state index in [0.29, 0.717) is 0 Å². The third-order valence-electron chi connectivity index (χ3n) is 1.16. The molecule has 1 heterocycles. The summed E-state index contributed by atoms with van der Waals surface area (Å²) in [5, 5.41) is 0.831. The van der Waals surface area contributed by atoms with Crippen LogP contribution in [-0.4, -0.2) is 4.98 Å². The topological polar surface area (TPSA) is 26.0 Å². The number of aromatic nitrogens is 1. The molecule has 2 heteroatoms. The summed E-state index contributed by atoms with van der Waals surface area (Å²) in [7, 11) is 0. The predicted octanol–water partition coefficient (Wildman–Crippen LogP) is 0.442. The Kier molecular flexibility index (Phi) is 2.05. The number of rotatable bonds is 1. The van der Waals surface area contributed by atoms with Crippen LogP contribution in [0.25, 0.3) is 12.2 Å². The number of hydrogen-bond donors (Lipinski definition) is 0. The Balaban J connectivity index is 3.41. The van der Waals surface area contributed by atoms with Crippen molar-refractivity contribution in [2.75, 3.05) is 0 Å². The Labute approximate surface area is 59.2 Å². The zero-order valence-electron chi connectivity index (χ0n) is 5.87. The Morgan fingerprint density at radius 1 is 1.70 bits per heavy atom. The minimum absolute atomic E-state index is 0.792. The van der Waals surface area contributed by atoms with Crippen LogP contribution >= 0.6 is 0 Å². The third-order valence-corrected chi connectivity index (χ3v) is 1.16. The molecule has 52 valence electrons. The van der Waals surface area contributed by atoms with Crippen LogP contribution in [-0.2, 0) is 0 Å². The SMILES string of the molecule is C=C/C=c1/nco/c1=C/C. The number of hydrogen-bond acceptors (Lipinski definition) is 2. The maximum Gasteiger partial charge on any atom is 0.181 e. The molecule has 0 unspecified atom stereocenters. The van der Waals surface area contributed by atoms with Gasteiger partial charge in [0.05, 0.1) is 0 Å². The zero-order chi connectivity index (χ0) is 7.40. The van der Waals surface area contributed by atoms with Crippen molar-refractivity contribution in [2.24, 2.45) is 0 Å². The molecule has 0 amide bonds. The minimum atomic E-state index is 0.792. The van der Waals surface area contributed by atoms with E-state index < -0.39 is 0 Å². The van der Waals surface area contributed by atoms with Crippen molar-refractivity contribution in [3.05, 3.63) is 29.8 Å². The monoisotopic (exact) mass is 135 g/mol. The van der Waals surface area contributed by atoms with E-state index in [9.17, 15) is 0 Å². The molecule has 0 aromatic carbocycles. The lowest BCUT2D eigenvalue weighted by atomic mass is 10.4. The van der Waals surface area contributed by atoms with Crippen molar-refractivity contribution in [2.45, 2.75) is 6.92 Å². The zero-order valence-corrected chi connectivity index (χ0v) is 5.87. The van der Waals surface area contributed by atoms with Crippen LogP contribution in [0.15, 0.2) is 23.5 Å². The van der Waals surface area contributed by atoms with Crippen molar-refractivity contribution in [3.63, 3.8) is 0 Å². The molecule has 0 saturated heterocycles. The van der Waals surface area contributed by atoms with Gasteiger partial charge < -0.3 is 4.42 Å². The fourth-order valence-electron chi connectivity index (χ4n) is 0.717. The van der Waals surface area contributed by atoms with Crippen LogP contribution in [0.2, 0.25) is 0 Å². The molecule has 2 nitrogen and oxygen atoms in total. The number of allylic oxidation sites excluding steroid dienone is 1. The molecular weight excluding hydrogens is 126 g/mol. The molecule has 0 spiro atoms. The van der Waals surface area contributed by atoms with E-state index in [-0.39, 0.29) is 0 Å². The van der Waals surface area contributed by atoms with Gasteiger partial charge in [0, 0.05) is 0 Å². The van der Waals surface area contributed by atoms with E-state index in [1.807, 2.05) is 13.0 Å². The first-order valence-corrected chi connectivity index (χ1v) is 3.07. The van der Waals surface area contributed by atoms with Gasteiger partial charge in [0.25, 0.3) is 0 Å². The van der Waals surface area contributed by atoms with E-state index in [1.165, 1.54) is 6.39 Å². The van der Waals surface area contributed by atoms with Crippen LogP contribution in [0.5, 0.6) is 0 Å². The minimum Gasteiger partial charge on any atom is -0.444 e. The maximum absolute atomic E-state index is 5.02. The standard InChI is InChI=1S/C8H9NO/c1-3-5-7-8(4-2)10-6-9-7/h3-6H,1H2,2H3/b7-5+,8-4+. The Morgan fingerprint density at radius 3 is 3.10 bits per heavy atom. The molecule has 1 rings (SSSR count).